The average Bonchev–Trinajstić information content (AvgIpc) is 2.62. The molecule has 0 spiro atoms. The fraction of sp³-hybridized carbons (Fsp3) is 0.706. The summed E-state index contributed by atoms with van der Waals surface area (Å²) in [7, 11) is 0. The molecule has 6 nitrogen and oxygen atoms in total. The first-order valence-corrected chi connectivity index (χ1v) is 10.0. The molecule has 2 fully saturated rings. The van der Waals surface area contributed by atoms with Gasteiger partial charge in [0, 0.05) is 56.7 Å². The monoisotopic (exact) mass is 350 g/mol. The van der Waals surface area contributed by atoms with Crippen molar-refractivity contribution in [2.75, 3.05) is 42.6 Å². The van der Waals surface area contributed by atoms with Crippen LogP contribution in [0.1, 0.15) is 26.2 Å². The van der Waals surface area contributed by atoms with Crippen molar-refractivity contribution in [2.24, 2.45) is 5.92 Å². The van der Waals surface area contributed by atoms with Gasteiger partial charge in [-0.15, -0.1) is 0 Å². The molecule has 2 saturated heterocycles. The predicted molar refractivity (Wildman–Crippen MR) is 97.6 cm³/mol. The summed E-state index contributed by atoms with van der Waals surface area (Å²) >= 11 is 1.92. The summed E-state index contributed by atoms with van der Waals surface area (Å²) in [6, 6.07) is 1.67. The molecule has 0 radical (unpaired) electrons. The van der Waals surface area contributed by atoms with Gasteiger partial charge in [-0.3, -0.25) is 9.59 Å². The summed E-state index contributed by atoms with van der Waals surface area (Å²) in [5.74, 6) is 2.78. The Balaban J connectivity index is 1.60. The Bertz CT molecular complexity index is 627. The molecular weight excluding hydrogens is 324 g/mol. The van der Waals surface area contributed by atoms with Crippen LogP contribution in [0.15, 0.2) is 17.1 Å². The third-order valence-corrected chi connectivity index (χ3v) is 5.81. The number of anilines is 1. The Morgan fingerprint density at radius 1 is 1.33 bits per heavy atom. The molecule has 3 heterocycles. The van der Waals surface area contributed by atoms with E-state index in [4.69, 9.17) is 0 Å². The molecule has 1 aromatic heterocycles. The molecule has 0 saturated carbocycles. The molecule has 1 amide bonds. The van der Waals surface area contributed by atoms with Gasteiger partial charge in [-0.25, -0.2) is 4.68 Å². The highest BCUT2D eigenvalue weighted by Gasteiger charge is 2.25. The van der Waals surface area contributed by atoms with Crippen LogP contribution in [0.5, 0.6) is 0 Å². The first-order valence-electron chi connectivity index (χ1n) is 8.85. The first kappa shape index (κ1) is 17.3. The smallest absolute Gasteiger partial charge is 0.268 e. The molecule has 2 aliphatic rings. The maximum Gasteiger partial charge on any atom is 0.268 e. The number of amides is 1. The largest absolute Gasteiger partial charge is 0.370 e. The molecule has 7 heteroatoms. The van der Waals surface area contributed by atoms with Crippen molar-refractivity contribution in [1.82, 2.24) is 14.7 Å². The van der Waals surface area contributed by atoms with Gasteiger partial charge < -0.3 is 9.80 Å². The van der Waals surface area contributed by atoms with Gasteiger partial charge in [0.25, 0.3) is 5.56 Å². The quantitative estimate of drug-likeness (QED) is 0.822. The maximum absolute atomic E-state index is 12.5. The van der Waals surface area contributed by atoms with Crippen LogP contribution in [0.3, 0.4) is 0 Å². The van der Waals surface area contributed by atoms with E-state index in [1.807, 2.05) is 23.6 Å². The van der Waals surface area contributed by atoms with Crippen molar-refractivity contribution in [3.8, 4) is 0 Å². The summed E-state index contributed by atoms with van der Waals surface area (Å²) < 4.78 is 1.46. The van der Waals surface area contributed by atoms with Gasteiger partial charge >= 0.3 is 0 Å². The van der Waals surface area contributed by atoms with Crippen LogP contribution in [-0.2, 0) is 11.3 Å². The van der Waals surface area contributed by atoms with Crippen LogP contribution in [0.25, 0.3) is 0 Å². The highest BCUT2D eigenvalue weighted by Crippen LogP contribution is 2.25. The lowest BCUT2D eigenvalue weighted by molar-refractivity contribution is -0.131. The van der Waals surface area contributed by atoms with Crippen molar-refractivity contribution in [3.05, 3.63) is 22.6 Å². The zero-order valence-corrected chi connectivity index (χ0v) is 15.1. The van der Waals surface area contributed by atoms with Crippen molar-refractivity contribution in [3.63, 3.8) is 0 Å². The Morgan fingerprint density at radius 2 is 2.12 bits per heavy atom. The normalized spacial score (nSPS) is 21.8. The number of rotatable bonds is 4. The molecule has 24 heavy (non-hydrogen) atoms. The van der Waals surface area contributed by atoms with E-state index in [9.17, 15) is 9.59 Å². The standard InChI is InChI=1S/C17H26N4O2S/c1-2-21-17(23)11-15(12-18-21)20-5-3-4-14(13-20)10-16(22)19-6-8-24-9-7-19/h11-12,14H,2-10,13H2,1H3. The van der Waals surface area contributed by atoms with E-state index < -0.39 is 0 Å². The third kappa shape index (κ3) is 4.12. The number of piperidine rings is 1. The Kier molecular flexibility index (Phi) is 5.81. The van der Waals surface area contributed by atoms with Gasteiger partial charge in [-0.1, -0.05) is 0 Å². The lowest BCUT2D eigenvalue weighted by Crippen LogP contribution is -2.42. The topological polar surface area (TPSA) is 58.4 Å². The number of aromatic nitrogens is 2. The van der Waals surface area contributed by atoms with Gasteiger partial charge in [0.1, 0.15) is 0 Å². The second-order valence-electron chi connectivity index (χ2n) is 6.52. The van der Waals surface area contributed by atoms with E-state index in [-0.39, 0.29) is 5.56 Å². The molecule has 1 aromatic rings. The van der Waals surface area contributed by atoms with Crippen LogP contribution in [0.4, 0.5) is 5.69 Å². The molecular formula is C17H26N4O2S. The van der Waals surface area contributed by atoms with E-state index in [0.29, 0.717) is 24.8 Å². The van der Waals surface area contributed by atoms with E-state index in [0.717, 1.165) is 56.2 Å². The van der Waals surface area contributed by atoms with Crippen LogP contribution < -0.4 is 10.5 Å². The minimum atomic E-state index is -0.0565. The molecule has 132 valence electrons. The van der Waals surface area contributed by atoms with Crippen LogP contribution in [0.2, 0.25) is 0 Å². The number of carbonyl (C=O) groups excluding carboxylic acids is 1. The Morgan fingerprint density at radius 3 is 2.83 bits per heavy atom. The number of carbonyl (C=O) groups is 1. The van der Waals surface area contributed by atoms with Crippen molar-refractivity contribution < 1.29 is 4.79 Å². The Hall–Kier alpha value is -1.50. The summed E-state index contributed by atoms with van der Waals surface area (Å²) in [5.41, 5.74) is 0.829. The van der Waals surface area contributed by atoms with Crippen LogP contribution >= 0.6 is 11.8 Å². The Labute approximate surface area is 147 Å². The van der Waals surface area contributed by atoms with Gasteiger partial charge in [0.2, 0.25) is 5.91 Å². The molecule has 0 aliphatic carbocycles. The molecule has 1 unspecified atom stereocenters. The van der Waals surface area contributed by atoms with Crippen molar-refractivity contribution >= 4 is 23.4 Å². The summed E-state index contributed by atoms with van der Waals surface area (Å²) in [6.07, 6.45) is 4.55. The van der Waals surface area contributed by atoms with Gasteiger partial charge in [0.05, 0.1) is 11.9 Å². The second-order valence-corrected chi connectivity index (χ2v) is 7.74. The predicted octanol–water partition coefficient (Wildman–Crippen LogP) is 1.45. The van der Waals surface area contributed by atoms with Crippen LogP contribution in [0, 0.1) is 5.92 Å². The molecule has 3 rings (SSSR count). The lowest BCUT2D eigenvalue weighted by Gasteiger charge is -2.35. The fourth-order valence-corrected chi connectivity index (χ4v) is 4.39. The highest BCUT2D eigenvalue weighted by atomic mass is 32.2. The van der Waals surface area contributed by atoms with Crippen molar-refractivity contribution in [1.29, 1.82) is 0 Å². The molecule has 2 aliphatic heterocycles. The molecule has 0 N–H and O–H groups in total. The number of aryl methyl sites for hydroxylation is 1. The van der Waals surface area contributed by atoms with Gasteiger partial charge in [-0.2, -0.15) is 16.9 Å². The highest BCUT2D eigenvalue weighted by molar-refractivity contribution is 7.99. The summed E-state index contributed by atoms with van der Waals surface area (Å²) in [6.45, 7) is 6.05. The zero-order valence-electron chi connectivity index (χ0n) is 14.3. The third-order valence-electron chi connectivity index (χ3n) is 4.87. The SMILES string of the molecule is CCn1ncc(N2CCCC(CC(=O)N3CCSCC3)C2)cc1=O. The number of thioether (sulfide) groups is 1. The zero-order chi connectivity index (χ0) is 16.9. The van der Waals surface area contributed by atoms with E-state index in [2.05, 4.69) is 10.00 Å². The lowest BCUT2D eigenvalue weighted by atomic mass is 9.94. The molecule has 0 bridgehead atoms. The van der Waals surface area contributed by atoms with Gasteiger partial charge in [0.15, 0.2) is 0 Å². The first-order chi connectivity index (χ1) is 11.7. The van der Waals surface area contributed by atoms with Crippen LogP contribution in [-0.4, -0.2) is 58.3 Å². The van der Waals surface area contributed by atoms with E-state index in [1.165, 1.54) is 4.68 Å². The summed E-state index contributed by atoms with van der Waals surface area (Å²) in [4.78, 5) is 28.7. The van der Waals surface area contributed by atoms with E-state index >= 15 is 0 Å². The molecule has 0 aromatic carbocycles. The molecule has 1 atom stereocenters. The average molecular weight is 350 g/mol. The minimum Gasteiger partial charge on any atom is -0.370 e. The number of hydrogen-bond acceptors (Lipinski definition) is 5. The summed E-state index contributed by atoms with van der Waals surface area (Å²) in [5, 5.41) is 4.22. The second kappa shape index (κ2) is 8.05. The van der Waals surface area contributed by atoms with Crippen molar-refractivity contribution in [2.45, 2.75) is 32.7 Å². The van der Waals surface area contributed by atoms with E-state index in [1.54, 1.807) is 12.3 Å². The minimum absolute atomic E-state index is 0.0565. The number of hydrogen-bond donors (Lipinski definition) is 0. The number of nitrogens with zero attached hydrogens (tertiary/aromatic N) is 4. The van der Waals surface area contributed by atoms with Gasteiger partial charge in [-0.05, 0) is 25.7 Å². The maximum atomic E-state index is 12.5. The fourth-order valence-electron chi connectivity index (χ4n) is 3.49.